The first-order valence-electron chi connectivity index (χ1n) is 8.54. The third-order valence-corrected chi connectivity index (χ3v) is 3.86. The molecule has 0 aliphatic heterocycles. The van der Waals surface area contributed by atoms with Gasteiger partial charge in [0.2, 0.25) is 17.7 Å². The largest absolute Gasteiger partial charge is 0.465 e. The average molecular weight is 378 g/mol. The van der Waals surface area contributed by atoms with Crippen LogP contribution in [0.25, 0.3) is 0 Å². The van der Waals surface area contributed by atoms with Crippen LogP contribution in [-0.2, 0) is 20.8 Å². The van der Waals surface area contributed by atoms with Crippen LogP contribution in [0.2, 0.25) is 0 Å². The zero-order chi connectivity index (χ0) is 20.4. The summed E-state index contributed by atoms with van der Waals surface area (Å²) >= 11 is 0. The van der Waals surface area contributed by atoms with Crippen LogP contribution >= 0.6 is 0 Å². The number of primary amides is 1. The van der Waals surface area contributed by atoms with E-state index in [0.717, 1.165) is 5.56 Å². The molecule has 0 spiro atoms. The molecule has 27 heavy (non-hydrogen) atoms. The first kappa shape index (κ1) is 21.9. The molecular weight excluding hydrogens is 352 g/mol. The summed E-state index contributed by atoms with van der Waals surface area (Å²) in [5.41, 5.74) is 4.77. The lowest BCUT2D eigenvalue weighted by atomic mass is 10.0. The number of rotatable bonds is 10. The number of hydrogen-bond acceptors (Lipinski definition) is 4. The fraction of sp³-hybridized carbons (Fsp3) is 0.444. The number of nitrogens with one attached hydrogen (secondary N) is 3. The summed E-state index contributed by atoms with van der Waals surface area (Å²) in [6, 6.07) is 8.11. The van der Waals surface area contributed by atoms with Gasteiger partial charge in [0.1, 0.15) is 11.6 Å². The average Bonchev–Trinajstić information content (AvgIpc) is 2.57. The van der Waals surface area contributed by atoms with E-state index in [1.165, 1.54) is 13.8 Å². The molecule has 0 saturated carbocycles. The first-order valence-corrected chi connectivity index (χ1v) is 8.54. The van der Waals surface area contributed by atoms with E-state index in [9.17, 15) is 19.2 Å². The van der Waals surface area contributed by atoms with Gasteiger partial charge in [0.05, 0.1) is 6.42 Å². The molecular formula is C18H26N4O5. The molecule has 0 aliphatic rings. The van der Waals surface area contributed by atoms with Crippen LogP contribution in [0.15, 0.2) is 30.3 Å². The van der Waals surface area contributed by atoms with E-state index in [2.05, 4.69) is 16.0 Å². The van der Waals surface area contributed by atoms with Gasteiger partial charge in [-0.2, -0.15) is 0 Å². The van der Waals surface area contributed by atoms with Gasteiger partial charge in [0.25, 0.3) is 0 Å². The third kappa shape index (κ3) is 8.21. The molecule has 1 aromatic carbocycles. The molecule has 1 atom stereocenters. The summed E-state index contributed by atoms with van der Waals surface area (Å²) in [6.07, 6.45) is -0.551. The highest BCUT2D eigenvalue weighted by Crippen LogP contribution is 2.06. The zero-order valence-corrected chi connectivity index (χ0v) is 15.5. The third-order valence-electron chi connectivity index (χ3n) is 3.86. The minimum absolute atomic E-state index is 0.0945. The molecule has 0 radical (unpaired) electrons. The van der Waals surface area contributed by atoms with Crippen LogP contribution in [0, 0.1) is 0 Å². The maximum atomic E-state index is 12.5. The molecule has 9 nitrogen and oxygen atoms in total. The van der Waals surface area contributed by atoms with Crippen molar-refractivity contribution in [3.8, 4) is 0 Å². The Morgan fingerprint density at radius 1 is 1.15 bits per heavy atom. The summed E-state index contributed by atoms with van der Waals surface area (Å²) in [6.45, 7) is 3.05. The summed E-state index contributed by atoms with van der Waals surface area (Å²) in [5, 5.41) is 15.9. The Labute approximate surface area is 157 Å². The van der Waals surface area contributed by atoms with E-state index < -0.39 is 29.5 Å². The van der Waals surface area contributed by atoms with Crippen LogP contribution < -0.4 is 21.7 Å². The lowest BCUT2D eigenvalue weighted by Gasteiger charge is -2.26. The van der Waals surface area contributed by atoms with Crippen LogP contribution in [-0.4, -0.2) is 47.0 Å². The Balaban J connectivity index is 2.73. The second kappa shape index (κ2) is 10.1. The Morgan fingerprint density at radius 3 is 2.33 bits per heavy atom. The quantitative estimate of drug-likeness (QED) is 0.367. The first-order chi connectivity index (χ1) is 12.6. The van der Waals surface area contributed by atoms with Gasteiger partial charge in [-0.05, 0) is 32.3 Å². The van der Waals surface area contributed by atoms with Crippen LogP contribution in [0.1, 0.15) is 32.3 Å². The predicted octanol–water partition coefficient (Wildman–Crippen LogP) is 0.142. The SMILES string of the molecule is CC(C)(NC(=O)C(CCCNC(=O)O)NC(=O)Cc1ccccc1)C(N)=O. The topological polar surface area (TPSA) is 151 Å². The van der Waals surface area contributed by atoms with E-state index in [-0.39, 0.29) is 25.3 Å². The Kier molecular flexibility index (Phi) is 8.25. The molecule has 0 heterocycles. The van der Waals surface area contributed by atoms with Crippen molar-refractivity contribution in [2.45, 2.75) is 44.7 Å². The minimum atomic E-state index is -1.28. The standard InChI is InChI=1S/C18H26N4O5/c1-18(2,16(19)25)22-15(24)13(9-6-10-20-17(26)27)21-14(23)11-12-7-4-3-5-8-12/h3-5,7-8,13,20H,6,9-11H2,1-2H3,(H2,19,25)(H,21,23)(H,22,24)(H,26,27). The van der Waals surface area contributed by atoms with E-state index >= 15 is 0 Å². The predicted molar refractivity (Wildman–Crippen MR) is 98.8 cm³/mol. The molecule has 6 N–H and O–H groups in total. The van der Waals surface area contributed by atoms with Gasteiger partial charge < -0.3 is 26.8 Å². The highest BCUT2D eigenvalue weighted by atomic mass is 16.4. The molecule has 0 saturated heterocycles. The van der Waals surface area contributed by atoms with Crippen molar-refractivity contribution in [2.24, 2.45) is 5.73 Å². The summed E-state index contributed by atoms with van der Waals surface area (Å²) in [7, 11) is 0. The van der Waals surface area contributed by atoms with Crippen molar-refractivity contribution in [1.82, 2.24) is 16.0 Å². The highest BCUT2D eigenvalue weighted by molar-refractivity contribution is 5.93. The molecule has 9 heteroatoms. The molecule has 0 aromatic heterocycles. The summed E-state index contributed by atoms with van der Waals surface area (Å²) in [4.78, 5) is 46.7. The Morgan fingerprint density at radius 2 is 1.78 bits per heavy atom. The number of amides is 4. The number of carbonyl (C=O) groups excluding carboxylic acids is 3. The molecule has 148 valence electrons. The maximum absolute atomic E-state index is 12.5. The van der Waals surface area contributed by atoms with Crippen molar-refractivity contribution in [3.63, 3.8) is 0 Å². The highest BCUT2D eigenvalue weighted by Gasteiger charge is 2.30. The number of hydrogen-bond donors (Lipinski definition) is 5. The van der Waals surface area contributed by atoms with E-state index in [1.54, 1.807) is 24.3 Å². The van der Waals surface area contributed by atoms with Crippen molar-refractivity contribution in [3.05, 3.63) is 35.9 Å². The van der Waals surface area contributed by atoms with Gasteiger partial charge in [-0.15, -0.1) is 0 Å². The summed E-state index contributed by atoms with van der Waals surface area (Å²) in [5.74, 6) is -1.63. The Hall–Kier alpha value is -3.10. The molecule has 0 aliphatic carbocycles. The van der Waals surface area contributed by atoms with Crippen LogP contribution in [0.4, 0.5) is 4.79 Å². The van der Waals surface area contributed by atoms with E-state index in [0.29, 0.717) is 6.42 Å². The fourth-order valence-corrected chi connectivity index (χ4v) is 2.25. The van der Waals surface area contributed by atoms with Gasteiger partial charge in [0, 0.05) is 6.54 Å². The van der Waals surface area contributed by atoms with Gasteiger partial charge in [-0.1, -0.05) is 30.3 Å². The molecule has 0 fully saturated rings. The molecule has 1 unspecified atom stereocenters. The van der Waals surface area contributed by atoms with Crippen LogP contribution in [0.3, 0.4) is 0 Å². The second-order valence-corrected chi connectivity index (χ2v) is 6.64. The zero-order valence-electron chi connectivity index (χ0n) is 15.5. The van der Waals surface area contributed by atoms with Crippen molar-refractivity contribution >= 4 is 23.8 Å². The van der Waals surface area contributed by atoms with Gasteiger partial charge in [-0.3, -0.25) is 14.4 Å². The smallest absolute Gasteiger partial charge is 0.404 e. The number of benzene rings is 1. The van der Waals surface area contributed by atoms with Crippen molar-refractivity contribution < 1.29 is 24.3 Å². The van der Waals surface area contributed by atoms with Gasteiger partial charge in [0.15, 0.2) is 0 Å². The molecule has 1 rings (SSSR count). The number of carbonyl (C=O) groups is 4. The minimum Gasteiger partial charge on any atom is -0.465 e. The van der Waals surface area contributed by atoms with Crippen LogP contribution in [0.5, 0.6) is 0 Å². The van der Waals surface area contributed by atoms with E-state index in [4.69, 9.17) is 10.8 Å². The maximum Gasteiger partial charge on any atom is 0.404 e. The number of carboxylic acid groups (broad SMARTS) is 1. The second-order valence-electron chi connectivity index (χ2n) is 6.64. The summed E-state index contributed by atoms with van der Waals surface area (Å²) < 4.78 is 0. The normalized spacial score (nSPS) is 11.9. The van der Waals surface area contributed by atoms with E-state index in [1.807, 2.05) is 6.07 Å². The van der Waals surface area contributed by atoms with Crippen molar-refractivity contribution in [2.75, 3.05) is 6.54 Å². The molecule has 1 aromatic rings. The fourth-order valence-electron chi connectivity index (χ4n) is 2.25. The number of nitrogens with two attached hydrogens (primary N) is 1. The van der Waals surface area contributed by atoms with Gasteiger partial charge >= 0.3 is 6.09 Å². The van der Waals surface area contributed by atoms with Gasteiger partial charge in [-0.25, -0.2) is 4.79 Å². The Bertz CT molecular complexity index is 676. The lowest BCUT2D eigenvalue weighted by molar-refractivity contribution is -0.133. The molecule has 0 bridgehead atoms. The lowest BCUT2D eigenvalue weighted by Crippen LogP contribution is -2.58. The van der Waals surface area contributed by atoms with Crippen molar-refractivity contribution in [1.29, 1.82) is 0 Å². The molecule has 4 amide bonds. The monoisotopic (exact) mass is 378 g/mol.